The molecular formula is C36H46N5O9P. The van der Waals surface area contributed by atoms with Gasteiger partial charge in [0.15, 0.2) is 0 Å². The fourth-order valence-corrected chi connectivity index (χ4v) is 7.18. The van der Waals surface area contributed by atoms with E-state index in [4.69, 9.17) is 5.73 Å². The number of carbonyl (C=O) groups is 5. The highest BCUT2D eigenvalue weighted by Crippen LogP contribution is 2.39. The molecule has 2 atom stereocenters. The molecule has 4 rings (SSSR count). The van der Waals surface area contributed by atoms with Crippen LogP contribution in [0.15, 0.2) is 60.7 Å². The Bertz CT molecular complexity index is 1790. The molecular weight excluding hydrogens is 677 g/mol. The third-order valence-electron chi connectivity index (χ3n) is 9.00. The van der Waals surface area contributed by atoms with E-state index in [0.29, 0.717) is 36.8 Å². The van der Waals surface area contributed by atoms with Gasteiger partial charge in [0.05, 0.1) is 12.6 Å². The van der Waals surface area contributed by atoms with Crippen LogP contribution in [0.3, 0.4) is 0 Å². The lowest BCUT2D eigenvalue weighted by atomic mass is 9.80. The molecule has 1 aliphatic carbocycles. The van der Waals surface area contributed by atoms with E-state index in [1.54, 1.807) is 18.2 Å². The Hall–Kier alpha value is -4.78. The number of carbonyl (C=O) groups excluding carboxylic acids is 5. The first kappa shape index (κ1) is 39.0. The molecule has 1 fully saturated rings. The van der Waals surface area contributed by atoms with Crippen molar-refractivity contribution >= 4 is 47.9 Å². The van der Waals surface area contributed by atoms with Gasteiger partial charge in [-0.05, 0) is 53.6 Å². The number of hydrogen-bond acceptors (Lipinski definition) is 7. The van der Waals surface area contributed by atoms with Gasteiger partial charge in [0.2, 0.25) is 29.5 Å². The quantitative estimate of drug-likeness (QED) is 0.0798. The predicted molar refractivity (Wildman–Crippen MR) is 190 cm³/mol. The SMILES string of the molecule is CC(=O)N[C@@H](Cc1ccc(CP(=O)(O)O)cc1)C(=O)NC1(C(=O)N[C@@H](CC(N)=O)C(=O)NCCCc2c(O)ccc3ccccc23)CCCCC1. The van der Waals surface area contributed by atoms with Crippen molar-refractivity contribution in [3.63, 3.8) is 0 Å². The van der Waals surface area contributed by atoms with Crippen molar-refractivity contribution in [2.75, 3.05) is 6.54 Å². The number of benzene rings is 3. The van der Waals surface area contributed by atoms with Crippen LogP contribution in [0, 0.1) is 0 Å². The number of nitrogens with two attached hydrogens (primary N) is 1. The van der Waals surface area contributed by atoms with Crippen LogP contribution in [-0.2, 0) is 47.5 Å². The molecule has 9 N–H and O–H groups in total. The third-order valence-corrected chi connectivity index (χ3v) is 9.77. The molecule has 1 saturated carbocycles. The molecule has 0 aliphatic heterocycles. The highest BCUT2D eigenvalue weighted by Gasteiger charge is 2.43. The second-order valence-corrected chi connectivity index (χ2v) is 14.7. The van der Waals surface area contributed by atoms with Crippen LogP contribution in [0.2, 0.25) is 0 Å². The van der Waals surface area contributed by atoms with E-state index in [0.717, 1.165) is 22.8 Å². The average Bonchev–Trinajstić information content (AvgIpc) is 3.07. The van der Waals surface area contributed by atoms with Gasteiger partial charge in [-0.3, -0.25) is 28.5 Å². The lowest BCUT2D eigenvalue weighted by Gasteiger charge is -2.38. The summed E-state index contributed by atoms with van der Waals surface area (Å²) in [7, 11) is -4.27. The van der Waals surface area contributed by atoms with Gasteiger partial charge >= 0.3 is 7.60 Å². The summed E-state index contributed by atoms with van der Waals surface area (Å²) in [6.45, 7) is 1.44. The van der Waals surface area contributed by atoms with Gasteiger partial charge in [-0.1, -0.05) is 73.9 Å². The van der Waals surface area contributed by atoms with Gasteiger partial charge in [0, 0.05) is 25.5 Å². The van der Waals surface area contributed by atoms with Gasteiger partial charge in [-0.2, -0.15) is 0 Å². The Kier molecular flexibility index (Phi) is 13.3. The highest BCUT2D eigenvalue weighted by atomic mass is 31.2. The highest BCUT2D eigenvalue weighted by molar-refractivity contribution is 7.50. The molecule has 0 heterocycles. The van der Waals surface area contributed by atoms with Crippen molar-refractivity contribution in [2.24, 2.45) is 5.73 Å². The van der Waals surface area contributed by atoms with Crippen molar-refractivity contribution in [1.29, 1.82) is 0 Å². The molecule has 3 aromatic carbocycles. The van der Waals surface area contributed by atoms with Crippen LogP contribution in [-0.4, -0.2) is 68.6 Å². The summed E-state index contributed by atoms with van der Waals surface area (Å²) in [6.07, 6.45) is 2.58. The number of hydrogen-bond donors (Lipinski definition) is 8. The van der Waals surface area contributed by atoms with E-state index in [9.17, 15) is 43.4 Å². The predicted octanol–water partition coefficient (Wildman–Crippen LogP) is 2.20. The van der Waals surface area contributed by atoms with Crippen molar-refractivity contribution in [1.82, 2.24) is 21.3 Å². The molecule has 0 unspecified atom stereocenters. The topological polar surface area (TPSA) is 237 Å². The van der Waals surface area contributed by atoms with Gasteiger partial charge in [-0.25, -0.2) is 0 Å². The van der Waals surface area contributed by atoms with Gasteiger partial charge in [-0.15, -0.1) is 0 Å². The zero-order valence-electron chi connectivity index (χ0n) is 28.5. The molecule has 0 spiro atoms. The minimum absolute atomic E-state index is 0.0303. The lowest BCUT2D eigenvalue weighted by molar-refractivity contribution is -0.139. The Morgan fingerprint density at radius 3 is 2.18 bits per heavy atom. The molecule has 51 heavy (non-hydrogen) atoms. The maximum atomic E-state index is 13.9. The molecule has 0 aromatic heterocycles. The molecule has 14 nitrogen and oxygen atoms in total. The number of phenolic OH excluding ortho intramolecular Hbond substituents is 1. The Morgan fingerprint density at radius 1 is 0.863 bits per heavy atom. The fourth-order valence-electron chi connectivity index (χ4n) is 6.49. The number of phenols is 1. The molecule has 0 radical (unpaired) electrons. The number of fused-ring (bicyclic) bond motifs is 1. The summed E-state index contributed by atoms with van der Waals surface area (Å²) >= 11 is 0. The van der Waals surface area contributed by atoms with Crippen molar-refractivity contribution < 1.29 is 43.4 Å². The second-order valence-electron chi connectivity index (χ2n) is 13.1. The van der Waals surface area contributed by atoms with E-state index in [1.165, 1.54) is 19.1 Å². The fraction of sp³-hybridized carbons (Fsp3) is 0.417. The first-order valence-electron chi connectivity index (χ1n) is 16.9. The van der Waals surface area contributed by atoms with Gasteiger partial charge < -0.3 is 41.9 Å². The normalized spacial score (nSPS) is 15.3. The van der Waals surface area contributed by atoms with Crippen LogP contribution in [0.25, 0.3) is 10.8 Å². The van der Waals surface area contributed by atoms with Crippen LogP contribution in [0.1, 0.15) is 68.6 Å². The van der Waals surface area contributed by atoms with Crippen molar-refractivity contribution in [3.05, 3.63) is 77.4 Å². The van der Waals surface area contributed by atoms with Crippen LogP contribution in [0.5, 0.6) is 5.75 Å². The smallest absolute Gasteiger partial charge is 0.329 e. The zero-order chi connectivity index (χ0) is 37.2. The number of aromatic hydroxyl groups is 1. The summed E-state index contributed by atoms with van der Waals surface area (Å²) in [5.74, 6) is -3.05. The Labute approximate surface area is 296 Å². The van der Waals surface area contributed by atoms with Crippen molar-refractivity contribution in [3.8, 4) is 5.75 Å². The maximum absolute atomic E-state index is 13.9. The molecule has 5 amide bonds. The lowest BCUT2D eigenvalue weighted by Crippen LogP contribution is -2.65. The summed E-state index contributed by atoms with van der Waals surface area (Å²) in [4.78, 5) is 83.6. The van der Waals surface area contributed by atoms with E-state index in [1.807, 2.05) is 30.3 Å². The summed E-state index contributed by atoms with van der Waals surface area (Å²) in [5.41, 5.74) is 5.78. The van der Waals surface area contributed by atoms with E-state index in [2.05, 4.69) is 21.3 Å². The Balaban J connectivity index is 1.43. The summed E-state index contributed by atoms with van der Waals surface area (Å²) < 4.78 is 11.4. The molecule has 274 valence electrons. The van der Waals surface area contributed by atoms with E-state index in [-0.39, 0.29) is 31.6 Å². The van der Waals surface area contributed by atoms with E-state index >= 15 is 0 Å². The van der Waals surface area contributed by atoms with Crippen LogP contribution >= 0.6 is 7.60 Å². The average molecular weight is 724 g/mol. The number of aryl methyl sites for hydroxylation is 1. The second kappa shape index (κ2) is 17.4. The molecule has 15 heteroatoms. The third kappa shape index (κ3) is 11.4. The zero-order valence-corrected chi connectivity index (χ0v) is 29.4. The van der Waals surface area contributed by atoms with E-state index < -0.39 is 67.3 Å². The number of nitrogens with one attached hydrogen (secondary N) is 4. The van der Waals surface area contributed by atoms with Crippen molar-refractivity contribution in [2.45, 2.75) is 88.5 Å². The molecule has 1 aliphatic rings. The first-order chi connectivity index (χ1) is 24.2. The first-order valence-corrected chi connectivity index (χ1v) is 18.7. The molecule has 3 aromatic rings. The number of amides is 5. The molecule has 0 saturated heterocycles. The van der Waals surface area contributed by atoms with Crippen LogP contribution in [0.4, 0.5) is 0 Å². The summed E-state index contributed by atoms with van der Waals surface area (Å²) in [5, 5.41) is 23.2. The standard InChI is InChI=1S/C36H46N5O9P/c1-23(42)39-29(20-24-11-13-25(14-12-24)22-51(48,49)50)34(46)41-36(17-5-2-6-18-36)35(47)40-30(21-32(37)44)33(45)38-19-7-10-28-27-9-4-3-8-26(27)15-16-31(28)43/h3-4,8-9,11-16,29-30,43H,2,5-7,10,17-22H2,1H3,(H2,37,44)(H,38,45)(H,39,42)(H,40,47)(H,41,46)(H2,48,49,50)/t29-,30-/m0/s1. The minimum atomic E-state index is -4.27. The number of rotatable bonds is 16. The molecule has 0 bridgehead atoms. The number of primary amides is 1. The Morgan fingerprint density at radius 2 is 1.53 bits per heavy atom. The van der Waals surface area contributed by atoms with Crippen LogP contribution < -0.4 is 27.0 Å². The maximum Gasteiger partial charge on any atom is 0.329 e. The largest absolute Gasteiger partial charge is 0.508 e. The van der Waals surface area contributed by atoms with Gasteiger partial charge in [0.25, 0.3) is 0 Å². The summed E-state index contributed by atoms with van der Waals surface area (Å²) in [6, 6.07) is 15.0. The monoisotopic (exact) mass is 723 g/mol. The minimum Gasteiger partial charge on any atom is -0.508 e. The van der Waals surface area contributed by atoms with Gasteiger partial charge in [0.1, 0.15) is 23.4 Å².